The van der Waals surface area contributed by atoms with Crippen molar-refractivity contribution in [2.75, 3.05) is 19.5 Å². The minimum Gasteiger partial charge on any atom is -0.383 e. The van der Waals surface area contributed by atoms with Crippen molar-refractivity contribution in [3.8, 4) is 0 Å². The number of methoxy groups -OCH3 is 1. The molecule has 7 nitrogen and oxygen atoms in total. The van der Waals surface area contributed by atoms with Gasteiger partial charge >= 0.3 is 5.69 Å². The molecule has 114 valence electrons. The van der Waals surface area contributed by atoms with E-state index in [1.807, 2.05) is 19.1 Å². The van der Waals surface area contributed by atoms with Crippen LogP contribution in [0.5, 0.6) is 0 Å². The number of imidazole rings is 1. The Balaban J connectivity index is 2.60. The first-order valence-corrected chi connectivity index (χ1v) is 7.51. The van der Waals surface area contributed by atoms with Crippen LogP contribution >= 0.6 is 11.8 Å². The van der Waals surface area contributed by atoms with Crippen LogP contribution in [0.4, 0.5) is 0 Å². The lowest BCUT2D eigenvalue weighted by Gasteiger charge is -2.06. The molecule has 0 spiro atoms. The quantitative estimate of drug-likeness (QED) is 0.628. The van der Waals surface area contributed by atoms with Crippen molar-refractivity contribution in [2.45, 2.75) is 18.6 Å². The molecule has 0 saturated carbocycles. The highest BCUT2D eigenvalue weighted by atomic mass is 32.2. The Kier molecular flexibility index (Phi) is 5.03. The van der Waals surface area contributed by atoms with E-state index in [1.165, 1.54) is 16.3 Å². The summed E-state index contributed by atoms with van der Waals surface area (Å²) in [4.78, 5) is 30.5. The van der Waals surface area contributed by atoms with Gasteiger partial charge in [-0.15, -0.1) is 0 Å². The summed E-state index contributed by atoms with van der Waals surface area (Å²) in [6, 6.07) is 0. The first kappa shape index (κ1) is 15.6. The largest absolute Gasteiger partial charge is 0.383 e. The molecule has 0 fully saturated rings. The zero-order chi connectivity index (χ0) is 15.4. The van der Waals surface area contributed by atoms with Crippen molar-refractivity contribution in [2.24, 2.45) is 7.05 Å². The average molecular weight is 310 g/mol. The summed E-state index contributed by atoms with van der Waals surface area (Å²) in [5.41, 5.74) is -0.0940. The molecule has 0 aliphatic rings. The fraction of sp³-hybridized carbons (Fsp3) is 0.462. The van der Waals surface area contributed by atoms with Gasteiger partial charge in [-0.25, -0.2) is 9.78 Å². The molecule has 8 heteroatoms. The molecule has 2 rings (SSSR count). The van der Waals surface area contributed by atoms with E-state index in [0.29, 0.717) is 29.5 Å². The minimum atomic E-state index is -0.464. The molecular weight excluding hydrogens is 292 g/mol. The van der Waals surface area contributed by atoms with Gasteiger partial charge in [0.1, 0.15) is 0 Å². The lowest BCUT2D eigenvalue weighted by molar-refractivity contribution is 0.186. The maximum atomic E-state index is 12.1. The number of hydrogen-bond donors (Lipinski definition) is 1. The van der Waals surface area contributed by atoms with Crippen LogP contribution in [0.15, 0.2) is 26.9 Å². The van der Waals surface area contributed by atoms with Gasteiger partial charge in [-0.3, -0.25) is 14.3 Å². The summed E-state index contributed by atoms with van der Waals surface area (Å²) in [7, 11) is 3.19. The highest BCUT2D eigenvalue weighted by Gasteiger charge is 2.16. The van der Waals surface area contributed by atoms with Gasteiger partial charge < -0.3 is 9.30 Å². The van der Waals surface area contributed by atoms with E-state index < -0.39 is 11.2 Å². The number of rotatable bonds is 6. The molecule has 1 N–H and O–H groups in total. The standard InChI is InChI=1S/C13H18N4O3S/c1-4-5-8-21-13-14-10-9(17(13)6-7-20-3)11(18)15-12(19)16(10)2/h4-5H,6-8H2,1-3H3,(H,15,18,19). The molecule has 2 aromatic heterocycles. The third kappa shape index (κ3) is 3.11. The molecule has 0 aromatic carbocycles. The summed E-state index contributed by atoms with van der Waals surface area (Å²) in [5.74, 6) is 0.749. The van der Waals surface area contributed by atoms with Gasteiger partial charge in [0.15, 0.2) is 16.3 Å². The van der Waals surface area contributed by atoms with Crippen LogP contribution in [0.2, 0.25) is 0 Å². The second-order valence-corrected chi connectivity index (χ2v) is 5.40. The molecule has 0 bridgehead atoms. The third-order valence-electron chi connectivity index (χ3n) is 3.04. The molecule has 2 aromatic rings. The van der Waals surface area contributed by atoms with Gasteiger partial charge in [-0.1, -0.05) is 23.9 Å². The maximum Gasteiger partial charge on any atom is 0.329 e. The Morgan fingerprint density at radius 2 is 2.19 bits per heavy atom. The van der Waals surface area contributed by atoms with Crippen molar-refractivity contribution < 1.29 is 4.74 Å². The number of ether oxygens (including phenoxy) is 1. The minimum absolute atomic E-state index is 0.392. The fourth-order valence-corrected chi connectivity index (χ4v) is 2.86. The Labute approximate surface area is 125 Å². The number of fused-ring (bicyclic) bond motifs is 1. The Bertz CT molecular complexity index is 772. The topological polar surface area (TPSA) is 81.9 Å². The van der Waals surface area contributed by atoms with E-state index in [9.17, 15) is 9.59 Å². The first-order chi connectivity index (χ1) is 10.1. The Morgan fingerprint density at radius 3 is 2.86 bits per heavy atom. The summed E-state index contributed by atoms with van der Waals surface area (Å²) < 4.78 is 8.23. The van der Waals surface area contributed by atoms with Gasteiger partial charge in [0, 0.05) is 26.5 Å². The van der Waals surface area contributed by atoms with Gasteiger partial charge in [-0.2, -0.15) is 0 Å². The predicted molar refractivity (Wildman–Crippen MR) is 83.0 cm³/mol. The molecule has 0 aliphatic heterocycles. The second-order valence-electron chi connectivity index (χ2n) is 4.41. The number of nitrogens with one attached hydrogen (secondary N) is 1. The summed E-state index contributed by atoms with van der Waals surface area (Å²) >= 11 is 1.51. The number of thioether (sulfide) groups is 1. The van der Waals surface area contributed by atoms with E-state index in [2.05, 4.69) is 9.97 Å². The van der Waals surface area contributed by atoms with Crippen LogP contribution in [-0.4, -0.2) is 38.6 Å². The van der Waals surface area contributed by atoms with Crippen molar-refractivity contribution in [1.29, 1.82) is 0 Å². The zero-order valence-electron chi connectivity index (χ0n) is 12.3. The SMILES string of the molecule is CC=CCSc1nc2c(c(=O)[nH]c(=O)n2C)n1CCOC. The van der Waals surface area contributed by atoms with Crippen LogP contribution in [0.1, 0.15) is 6.92 Å². The fourth-order valence-electron chi connectivity index (χ4n) is 1.93. The van der Waals surface area contributed by atoms with Crippen molar-refractivity contribution in [1.82, 2.24) is 19.1 Å². The predicted octanol–water partition coefficient (Wildman–Crippen LogP) is 0.738. The van der Waals surface area contributed by atoms with E-state index in [0.717, 1.165) is 5.75 Å². The number of hydrogen-bond acceptors (Lipinski definition) is 5. The second kappa shape index (κ2) is 6.77. The molecule has 21 heavy (non-hydrogen) atoms. The Morgan fingerprint density at radius 1 is 1.43 bits per heavy atom. The van der Waals surface area contributed by atoms with Gasteiger partial charge in [0.25, 0.3) is 5.56 Å². The Hall–Kier alpha value is -1.80. The van der Waals surface area contributed by atoms with Crippen molar-refractivity contribution in [3.05, 3.63) is 33.0 Å². The molecule has 0 amide bonds. The zero-order valence-corrected chi connectivity index (χ0v) is 13.1. The van der Waals surface area contributed by atoms with Crippen LogP contribution in [-0.2, 0) is 18.3 Å². The number of aromatic amines is 1. The first-order valence-electron chi connectivity index (χ1n) is 6.52. The van der Waals surface area contributed by atoms with Crippen LogP contribution < -0.4 is 11.2 Å². The third-order valence-corrected chi connectivity index (χ3v) is 3.96. The molecular formula is C13H18N4O3S. The number of allylic oxidation sites excluding steroid dienone is 1. The number of aromatic nitrogens is 4. The molecule has 0 aliphatic carbocycles. The molecule has 0 saturated heterocycles. The van der Waals surface area contributed by atoms with Crippen LogP contribution in [0.25, 0.3) is 11.2 Å². The molecule has 0 atom stereocenters. The van der Waals surface area contributed by atoms with Gasteiger partial charge in [0.2, 0.25) is 0 Å². The van der Waals surface area contributed by atoms with Gasteiger partial charge in [0.05, 0.1) is 6.61 Å². The summed E-state index contributed by atoms with van der Waals surface area (Å²) in [6.45, 7) is 2.92. The number of aryl methyl sites for hydroxylation is 1. The van der Waals surface area contributed by atoms with E-state index in [4.69, 9.17) is 4.74 Å². The van der Waals surface area contributed by atoms with E-state index in [-0.39, 0.29) is 0 Å². The monoisotopic (exact) mass is 310 g/mol. The summed E-state index contributed by atoms with van der Waals surface area (Å²) in [5, 5.41) is 0.701. The van der Waals surface area contributed by atoms with E-state index >= 15 is 0 Å². The lowest BCUT2D eigenvalue weighted by atomic mass is 10.5. The van der Waals surface area contributed by atoms with E-state index in [1.54, 1.807) is 18.7 Å². The van der Waals surface area contributed by atoms with Crippen molar-refractivity contribution >= 4 is 22.9 Å². The molecule has 2 heterocycles. The van der Waals surface area contributed by atoms with Gasteiger partial charge in [-0.05, 0) is 6.92 Å². The van der Waals surface area contributed by atoms with Crippen LogP contribution in [0.3, 0.4) is 0 Å². The molecule has 0 unspecified atom stereocenters. The average Bonchev–Trinajstić information content (AvgIpc) is 2.82. The summed E-state index contributed by atoms with van der Waals surface area (Å²) in [6.07, 6.45) is 3.96. The number of H-pyrrole nitrogens is 1. The number of nitrogens with zero attached hydrogens (tertiary/aromatic N) is 3. The molecule has 0 radical (unpaired) electrons. The van der Waals surface area contributed by atoms with Crippen molar-refractivity contribution in [3.63, 3.8) is 0 Å². The highest BCUT2D eigenvalue weighted by molar-refractivity contribution is 7.99. The normalized spacial score (nSPS) is 11.8. The highest BCUT2D eigenvalue weighted by Crippen LogP contribution is 2.21. The smallest absolute Gasteiger partial charge is 0.329 e. The maximum absolute atomic E-state index is 12.1. The lowest BCUT2D eigenvalue weighted by Crippen LogP contribution is -2.29. The van der Waals surface area contributed by atoms with Crippen LogP contribution in [0, 0.1) is 0 Å².